The first-order valence-corrected chi connectivity index (χ1v) is 12.8. The van der Waals surface area contributed by atoms with Gasteiger partial charge in [0.05, 0.1) is 37.4 Å². The molecule has 15 heteroatoms. The van der Waals surface area contributed by atoms with Gasteiger partial charge >= 0.3 is 12.2 Å². The number of nitrogens with one attached hydrogen (secondary N) is 2. The van der Waals surface area contributed by atoms with E-state index in [-0.39, 0.29) is 75.4 Å². The Labute approximate surface area is 220 Å². The SMILES string of the molecule is CCOC(=O)NC[C@H]1CN(c2cc(F)c(N3CCN(C(=O)CNC(=O)c4cscn4)CC3)c(F)c2)C(=O)O1. The standard InChI is InChI=1S/C23H26F2N6O6S/c1-2-36-22(34)27-9-15-11-31(23(35)37-15)14-7-16(24)20(17(25)8-14)30-5-3-29(4-6-30)19(32)10-26-21(33)18-12-38-13-28-18/h7-8,12-13,15H,2-6,9-11H2,1H3,(H,26,33)(H,27,34)/t15-/m0/s1. The molecule has 2 saturated heterocycles. The van der Waals surface area contributed by atoms with E-state index in [1.54, 1.807) is 12.3 Å². The Morgan fingerprint density at radius 3 is 2.50 bits per heavy atom. The number of nitrogens with zero attached hydrogens (tertiary/aromatic N) is 4. The summed E-state index contributed by atoms with van der Waals surface area (Å²) in [7, 11) is 0. The second-order valence-corrected chi connectivity index (χ2v) is 9.12. The molecule has 4 rings (SSSR count). The van der Waals surface area contributed by atoms with Gasteiger partial charge in [0.1, 0.15) is 17.5 Å². The van der Waals surface area contributed by atoms with Gasteiger partial charge in [0, 0.05) is 43.7 Å². The summed E-state index contributed by atoms with van der Waals surface area (Å²) >= 11 is 1.27. The van der Waals surface area contributed by atoms with E-state index < -0.39 is 35.8 Å². The number of anilines is 2. The topological polar surface area (TPSA) is 133 Å². The third kappa shape index (κ3) is 6.27. The van der Waals surface area contributed by atoms with E-state index in [0.29, 0.717) is 0 Å². The molecule has 1 atom stereocenters. The number of rotatable bonds is 8. The molecule has 12 nitrogen and oxygen atoms in total. The van der Waals surface area contributed by atoms with Crippen molar-refractivity contribution in [3.8, 4) is 0 Å². The Morgan fingerprint density at radius 1 is 1.16 bits per heavy atom. The van der Waals surface area contributed by atoms with Crippen LogP contribution in [-0.4, -0.2) is 92.4 Å². The number of alkyl carbamates (subject to hydrolysis) is 1. The highest BCUT2D eigenvalue weighted by atomic mass is 32.1. The predicted octanol–water partition coefficient (Wildman–Crippen LogP) is 1.57. The van der Waals surface area contributed by atoms with Gasteiger partial charge < -0.3 is 29.9 Å². The van der Waals surface area contributed by atoms with Gasteiger partial charge in [-0.3, -0.25) is 14.5 Å². The van der Waals surface area contributed by atoms with E-state index in [1.165, 1.54) is 26.6 Å². The normalized spacial score (nSPS) is 17.3. The molecule has 2 aliphatic rings. The lowest BCUT2D eigenvalue weighted by Gasteiger charge is -2.36. The molecule has 0 bridgehead atoms. The van der Waals surface area contributed by atoms with Gasteiger partial charge in [-0.05, 0) is 6.92 Å². The lowest BCUT2D eigenvalue weighted by atomic mass is 10.2. The summed E-state index contributed by atoms with van der Waals surface area (Å²) in [5.74, 6) is -2.50. The smallest absolute Gasteiger partial charge is 0.414 e. The number of hydrogen-bond acceptors (Lipinski definition) is 9. The van der Waals surface area contributed by atoms with Crippen LogP contribution in [0.1, 0.15) is 17.4 Å². The average molecular weight is 553 g/mol. The second kappa shape index (κ2) is 12.0. The number of cyclic esters (lactones) is 1. The molecule has 4 amide bonds. The number of thiazole rings is 1. The van der Waals surface area contributed by atoms with E-state index in [2.05, 4.69) is 15.6 Å². The Morgan fingerprint density at radius 2 is 1.87 bits per heavy atom. The maximum atomic E-state index is 15.0. The Kier molecular flexibility index (Phi) is 8.55. The van der Waals surface area contributed by atoms with Crippen molar-refractivity contribution in [3.05, 3.63) is 40.4 Å². The number of carbonyl (C=O) groups is 4. The number of hydrogen-bond donors (Lipinski definition) is 2. The minimum absolute atomic E-state index is 0.0107. The van der Waals surface area contributed by atoms with Gasteiger partial charge in [-0.25, -0.2) is 23.4 Å². The summed E-state index contributed by atoms with van der Waals surface area (Å²) in [6.45, 7) is 2.36. The molecular weight excluding hydrogens is 526 g/mol. The highest BCUT2D eigenvalue weighted by molar-refractivity contribution is 7.07. The van der Waals surface area contributed by atoms with Gasteiger partial charge in [-0.2, -0.15) is 0 Å². The van der Waals surface area contributed by atoms with Crippen LogP contribution in [0.25, 0.3) is 0 Å². The molecule has 0 unspecified atom stereocenters. The predicted molar refractivity (Wildman–Crippen MR) is 132 cm³/mol. The van der Waals surface area contributed by atoms with E-state index in [0.717, 1.165) is 17.0 Å². The van der Waals surface area contributed by atoms with Crippen LogP contribution in [-0.2, 0) is 14.3 Å². The highest BCUT2D eigenvalue weighted by Crippen LogP contribution is 2.31. The summed E-state index contributed by atoms with van der Waals surface area (Å²) < 4.78 is 40.0. The minimum atomic E-state index is -0.865. The summed E-state index contributed by atoms with van der Waals surface area (Å²) in [4.78, 5) is 56.1. The molecule has 3 heterocycles. The molecule has 1 aromatic carbocycles. The van der Waals surface area contributed by atoms with Crippen molar-refractivity contribution in [1.82, 2.24) is 20.5 Å². The fraction of sp³-hybridized carbons (Fsp3) is 0.435. The lowest BCUT2D eigenvalue weighted by Crippen LogP contribution is -2.51. The Balaban J connectivity index is 1.31. The van der Waals surface area contributed by atoms with Crippen LogP contribution >= 0.6 is 11.3 Å². The lowest BCUT2D eigenvalue weighted by molar-refractivity contribution is -0.130. The van der Waals surface area contributed by atoms with Crippen LogP contribution in [0.2, 0.25) is 0 Å². The molecule has 2 aliphatic heterocycles. The Bertz CT molecular complexity index is 1170. The molecule has 0 radical (unpaired) electrons. The maximum absolute atomic E-state index is 15.0. The van der Waals surface area contributed by atoms with E-state index in [9.17, 15) is 19.2 Å². The van der Waals surface area contributed by atoms with Crippen LogP contribution < -0.4 is 20.4 Å². The van der Waals surface area contributed by atoms with Crippen LogP contribution in [0, 0.1) is 11.6 Å². The third-order valence-electron chi connectivity index (χ3n) is 5.95. The average Bonchev–Trinajstić information content (AvgIpc) is 3.56. The molecule has 0 spiro atoms. The second-order valence-electron chi connectivity index (χ2n) is 8.40. The minimum Gasteiger partial charge on any atom is -0.450 e. The zero-order valence-corrected chi connectivity index (χ0v) is 21.3. The number of carbonyl (C=O) groups excluding carboxylic acids is 4. The van der Waals surface area contributed by atoms with Gasteiger partial charge in [0.25, 0.3) is 5.91 Å². The van der Waals surface area contributed by atoms with Gasteiger partial charge in [0.2, 0.25) is 5.91 Å². The quantitative estimate of drug-likeness (QED) is 0.504. The fourth-order valence-corrected chi connectivity index (χ4v) is 4.62. The fourth-order valence-electron chi connectivity index (χ4n) is 4.09. The number of ether oxygens (including phenoxy) is 2. The number of piperazine rings is 1. The summed E-state index contributed by atoms with van der Waals surface area (Å²) in [6.07, 6.45) is -2.17. The van der Waals surface area contributed by atoms with Crippen molar-refractivity contribution in [2.45, 2.75) is 13.0 Å². The van der Waals surface area contributed by atoms with Crippen molar-refractivity contribution in [2.24, 2.45) is 0 Å². The van der Waals surface area contributed by atoms with Gasteiger partial charge in [0.15, 0.2) is 11.6 Å². The molecule has 0 saturated carbocycles. The number of halogens is 2. The number of aromatic nitrogens is 1. The maximum Gasteiger partial charge on any atom is 0.414 e. The van der Waals surface area contributed by atoms with Crippen LogP contribution in [0.4, 0.5) is 29.7 Å². The monoisotopic (exact) mass is 552 g/mol. The third-order valence-corrected chi connectivity index (χ3v) is 6.54. The van der Waals surface area contributed by atoms with Crippen molar-refractivity contribution >= 4 is 46.7 Å². The van der Waals surface area contributed by atoms with Crippen molar-refractivity contribution in [2.75, 3.05) is 62.2 Å². The number of amides is 4. The van der Waals surface area contributed by atoms with E-state index in [4.69, 9.17) is 9.47 Å². The van der Waals surface area contributed by atoms with Gasteiger partial charge in [-0.15, -0.1) is 11.3 Å². The first-order chi connectivity index (χ1) is 18.3. The zero-order valence-electron chi connectivity index (χ0n) is 20.4. The van der Waals surface area contributed by atoms with Crippen LogP contribution in [0.5, 0.6) is 0 Å². The van der Waals surface area contributed by atoms with Crippen molar-refractivity contribution in [1.29, 1.82) is 0 Å². The summed E-state index contributed by atoms with van der Waals surface area (Å²) in [5.41, 5.74) is 1.47. The van der Waals surface area contributed by atoms with E-state index >= 15 is 8.78 Å². The molecule has 2 aromatic rings. The van der Waals surface area contributed by atoms with Gasteiger partial charge in [-0.1, -0.05) is 0 Å². The molecule has 38 heavy (non-hydrogen) atoms. The molecule has 204 valence electrons. The van der Waals surface area contributed by atoms with Crippen LogP contribution in [0.3, 0.4) is 0 Å². The molecule has 2 fully saturated rings. The molecule has 0 aliphatic carbocycles. The highest BCUT2D eigenvalue weighted by Gasteiger charge is 2.34. The molecule has 2 N–H and O–H groups in total. The summed E-state index contributed by atoms with van der Waals surface area (Å²) in [5, 5.41) is 6.54. The van der Waals surface area contributed by atoms with Crippen molar-refractivity contribution in [3.63, 3.8) is 0 Å². The Hall–Kier alpha value is -4.01. The zero-order chi connectivity index (χ0) is 27.2. The van der Waals surface area contributed by atoms with E-state index in [1.807, 2.05) is 0 Å². The molecule has 1 aromatic heterocycles. The molecular formula is C23H26F2N6O6S. The largest absolute Gasteiger partial charge is 0.450 e. The van der Waals surface area contributed by atoms with Crippen molar-refractivity contribution < 1.29 is 37.4 Å². The van der Waals surface area contributed by atoms with Crippen LogP contribution in [0.15, 0.2) is 23.0 Å². The summed E-state index contributed by atoms with van der Waals surface area (Å²) in [6, 6.07) is 2.10. The first-order valence-electron chi connectivity index (χ1n) is 11.8. The number of benzene rings is 1. The first kappa shape index (κ1) is 27.0.